The molecule has 1 saturated heterocycles. The van der Waals surface area contributed by atoms with Gasteiger partial charge in [-0.25, -0.2) is 0 Å². The summed E-state index contributed by atoms with van der Waals surface area (Å²) in [6, 6.07) is 4.45. The van der Waals surface area contributed by atoms with Gasteiger partial charge in [-0.1, -0.05) is 6.92 Å². The molecule has 3 aliphatic heterocycles. The van der Waals surface area contributed by atoms with Crippen molar-refractivity contribution in [2.75, 3.05) is 37.7 Å². The fourth-order valence-electron chi connectivity index (χ4n) is 4.28. The number of nitrogens with zero attached hydrogens (tertiary/aromatic N) is 2. The number of hydrogen-bond acceptors (Lipinski definition) is 3. The van der Waals surface area contributed by atoms with Gasteiger partial charge in [-0.3, -0.25) is 4.79 Å². The Bertz CT molecular complexity index is 618. The van der Waals surface area contributed by atoms with E-state index in [-0.39, 0.29) is 11.3 Å². The van der Waals surface area contributed by atoms with Gasteiger partial charge < -0.3 is 14.5 Å². The van der Waals surface area contributed by atoms with Crippen molar-refractivity contribution >= 4 is 11.6 Å². The molecule has 0 aliphatic carbocycles. The molecular formula is C18H24N2O2. The SMILES string of the molecule is CCN1CCC2(CC1)COc1cc3c(cc12)N(C(C)=O)CC3. The highest BCUT2D eigenvalue weighted by molar-refractivity contribution is 5.94. The first-order valence-electron chi connectivity index (χ1n) is 8.44. The number of hydrogen-bond donors (Lipinski definition) is 0. The highest BCUT2D eigenvalue weighted by Crippen LogP contribution is 2.48. The van der Waals surface area contributed by atoms with Gasteiger partial charge in [-0.05, 0) is 56.6 Å². The molecule has 4 nitrogen and oxygen atoms in total. The fraction of sp³-hybridized carbons (Fsp3) is 0.611. The topological polar surface area (TPSA) is 32.8 Å². The monoisotopic (exact) mass is 300 g/mol. The van der Waals surface area contributed by atoms with Gasteiger partial charge in [-0.15, -0.1) is 0 Å². The van der Waals surface area contributed by atoms with Crippen molar-refractivity contribution in [3.8, 4) is 5.75 Å². The number of carbonyl (C=O) groups is 1. The molecule has 118 valence electrons. The van der Waals surface area contributed by atoms with Crippen LogP contribution in [0.5, 0.6) is 5.75 Å². The minimum atomic E-state index is 0.146. The lowest BCUT2D eigenvalue weighted by atomic mass is 9.74. The van der Waals surface area contributed by atoms with E-state index in [9.17, 15) is 4.79 Å². The van der Waals surface area contributed by atoms with Crippen LogP contribution in [0.25, 0.3) is 0 Å². The number of amides is 1. The Morgan fingerprint density at radius 1 is 1.27 bits per heavy atom. The third-order valence-electron chi connectivity index (χ3n) is 5.79. The van der Waals surface area contributed by atoms with Crippen molar-refractivity contribution in [2.45, 2.75) is 38.5 Å². The van der Waals surface area contributed by atoms with Gasteiger partial charge in [0.15, 0.2) is 0 Å². The summed E-state index contributed by atoms with van der Waals surface area (Å²) >= 11 is 0. The molecule has 0 N–H and O–H groups in total. The Balaban J connectivity index is 1.70. The summed E-state index contributed by atoms with van der Waals surface area (Å²) in [7, 11) is 0. The summed E-state index contributed by atoms with van der Waals surface area (Å²) in [6.07, 6.45) is 3.27. The average Bonchev–Trinajstić information content (AvgIpc) is 3.09. The highest BCUT2D eigenvalue weighted by atomic mass is 16.5. The van der Waals surface area contributed by atoms with Gasteiger partial charge in [0.25, 0.3) is 0 Å². The smallest absolute Gasteiger partial charge is 0.223 e. The number of ether oxygens (including phenoxy) is 1. The Hall–Kier alpha value is -1.55. The van der Waals surface area contributed by atoms with Gasteiger partial charge in [0.05, 0.1) is 6.61 Å². The Morgan fingerprint density at radius 2 is 2.05 bits per heavy atom. The van der Waals surface area contributed by atoms with Crippen molar-refractivity contribution in [2.24, 2.45) is 0 Å². The first-order chi connectivity index (χ1) is 10.6. The van der Waals surface area contributed by atoms with Crippen molar-refractivity contribution in [1.82, 2.24) is 4.90 Å². The normalized spacial score (nSPS) is 22.5. The second kappa shape index (κ2) is 4.98. The number of likely N-dealkylation sites (tertiary alicyclic amines) is 1. The molecule has 1 spiro atoms. The molecule has 3 heterocycles. The van der Waals surface area contributed by atoms with Crippen molar-refractivity contribution in [3.05, 3.63) is 23.3 Å². The molecule has 3 aliphatic rings. The molecule has 0 unspecified atom stereocenters. The van der Waals surface area contributed by atoms with Crippen LogP contribution in [0.4, 0.5) is 5.69 Å². The number of carbonyl (C=O) groups excluding carboxylic acids is 1. The number of rotatable bonds is 1. The maximum absolute atomic E-state index is 11.8. The minimum Gasteiger partial charge on any atom is -0.492 e. The number of piperidine rings is 1. The molecule has 4 rings (SSSR count). The number of anilines is 1. The molecule has 0 radical (unpaired) electrons. The zero-order valence-corrected chi connectivity index (χ0v) is 13.5. The van der Waals surface area contributed by atoms with E-state index in [1.807, 2.05) is 4.90 Å². The Labute approximate surface area is 132 Å². The molecule has 1 fully saturated rings. The average molecular weight is 300 g/mol. The predicted octanol–water partition coefficient (Wildman–Crippen LogP) is 2.34. The molecule has 22 heavy (non-hydrogen) atoms. The molecule has 0 bridgehead atoms. The standard InChI is InChI=1S/C18H24N2O2/c1-3-19-8-5-18(6-9-19)12-22-17-10-14-4-7-20(13(2)21)16(14)11-15(17)18/h10-11H,3-9,12H2,1-2H3. The summed E-state index contributed by atoms with van der Waals surface area (Å²) in [6.45, 7) is 8.93. The molecular weight excluding hydrogens is 276 g/mol. The maximum Gasteiger partial charge on any atom is 0.223 e. The lowest BCUT2D eigenvalue weighted by molar-refractivity contribution is -0.116. The zero-order valence-electron chi connectivity index (χ0n) is 13.5. The molecule has 0 aromatic heterocycles. The van der Waals surface area contributed by atoms with E-state index >= 15 is 0 Å². The molecule has 0 atom stereocenters. The van der Waals surface area contributed by atoms with Gasteiger partial charge >= 0.3 is 0 Å². The molecule has 1 aromatic carbocycles. The quantitative estimate of drug-likeness (QED) is 0.798. The van der Waals surface area contributed by atoms with E-state index < -0.39 is 0 Å². The largest absolute Gasteiger partial charge is 0.492 e. The Morgan fingerprint density at radius 3 is 2.73 bits per heavy atom. The van der Waals surface area contributed by atoms with Crippen LogP contribution in [-0.2, 0) is 16.6 Å². The van der Waals surface area contributed by atoms with Crippen LogP contribution in [0.2, 0.25) is 0 Å². The van der Waals surface area contributed by atoms with Crippen LogP contribution in [-0.4, -0.2) is 43.6 Å². The summed E-state index contributed by atoms with van der Waals surface area (Å²) in [5, 5.41) is 0. The lowest BCUT2D eigenvalue weighted by Crippen LogP contribution is -2.43. The zero-order chi connectivity index (χ0) is 15.3. The van der Waals surface area contributed by atoms with Crippen molar-refractivity contribution in [1.29, 1.82) is 0 Å². The molecule has 0 saturated carbocycles. The summed E-state index contributed by atoms with van der Waals surface area (Å²) in [5.74, 6) is 1.21. The first kappa shape index (κ1) is 14.1. The van der Waals surface area contributed by atoms with Crippen LogP contribution in [0.3, 0.4) is 0 Å². The van der Waals surface area contributed by atoms with Crippen LogP contribution >= 0.6 is 0 Å². The first-order valence-corrected chi connectivity index (χ1v) is 8.44. The van der Waals surface area contributed by atoms with Crippen LogP contribution in [0.1, 0.15) is 37.8 Å². The predicted molar refractivity (Wildman–Crippen MR) is 86.7 cm³/mol. The molecule has 4 heteroatoms. The number of benzene rings is 1. The summed E-state index contributed by atoms with van der Waals surface area (Å²) in [5.41, 5.74) is 3.89. The van der Waals surface area contributed by atoms with Crippen molar-refractivity contribution < 1.29 is 9.53 Å². The summed E-state index contributed by atoms with van der Waals surface area (Å²) in [4.78, 5) is 16.3. The highest BCUT2D eigenvalue weighted by Gasteiger charge is 2.44. The van der Waals surface area contributed by atoms with E-state index in [2.05, 4.69) is 24.0 Å². The second-order valence-corrected chi connectivity index (χ2v) is 6.90. The summed E-state index contributed by atoms with van der Waals surface area (Å²) < 4.78 is 6.06. The van der Waals surface area contributed by atoms with Crippen LogP contribution in [0.15, 0.2) is 12.1 Å². The third kappa shape index (κ3) is 1.97. The second-order valence-electron chi connectivity index (χ2n) is 6.90. The van der Waals surface area contributed by atoms with Crippen molar-refractivity contribution in [3.63, 3.8) is 0 Å². The van der Waals surface area contributed by atoms with E-state index in [1.165, 1.54) is 11.1 Å². The number of fused-ring (bicyclic) bond motifs is 3. The Kier molecular flexibility index (Phi) is 3.19. The van der Waals surface area contributed by atoms with E-state index in [1.54, 1.807) is 6.92 Å². The maximum atomic E-state index is 11.8. The van der Waals surface area contributed by atoms with E-state index in [0.717, 1.165) is 63.5 Å². The minimum absolute atomic E-state index is 0.146. The van der Waals surface area contributed by atoms with Gasteiger partial charge in [0.2, 0.25) is 5.91 Å². The third-order valence-corrected chi connectivity index (χ3v) is 5.79. The molecule has 1 aromatic rings. The van der Waals surface area contributed by atoms with E-state index in [4.69, 9.17) is 4.74 Å². The lowest BCUT2D eigenvalue weighted by Gasteiger charge is -2.38. The van der Waals surface area contributed by atoms with E-state index in [0.29, 0.717) is 0 Å². The van der Waals surface area contributed by atoms with Crippen LogP contribution in [0, 0.1) is 0 Å². The fourth-order valence-corrected chi connectivity index (χ4v) is 4.28. The molecule has 1 amide bonds. The van der Waals surface area contributed by atoms with Gasteiger partial charge in [-0.2, -0.15) is 0 Å². The van der Waals surface area contributed by atoms with Crippen LogP contribution < -0.4 is 9.64 Å². The van der Waals surface area contributed by atoms with Gasteiger partial charge in [0.1, 0.15) is 5.75 Å². The van der Waals surface area contributed by atoms with Gasteiger partial charge in [0, 0.05) is 30.1 Å².